The zero-order valence-electron chi connectivity index (χ0n) is 20.0. The van der Waals surface area contributed by atoms with E-state index in [1.807, 2.05) is 44.3 Å². The minimum Gasteiger partial charge on any atom is -0.494 e. The van der Waals surface area contributed by atoms with E-state index in [1.54, 1.807) is 36.0 Å². The molecular weight excluding hydrogens is 515 g/mol. The molecule has 8 nitrogen and oxygen atoms in total. The molecule has 0 fully saturated rings. The van der Waals surface area contributed by atoms with Crippen LogP contribution in [0.1, 0.15) is 24.2 Å². The Kier molecular flexibility index (Phi) is 9.26. The molecule has 2 heterocycles. The molecule has 0 atom stereocenters. The average Bonchev–Trinajstić information content (AvgIpc) is 3.48. The van der Waals surface area contributed by atoms with Gasteiger partial charge in [0.1, 0.15) is 5.75 Å². The topological polar surface area (TPSA) is 98.1 Å². The Balaban J connectivity index is 1.33. The standard InChI is InChI=1S/C25H27N5O3S3/c1-3-33-18-11-9-17(10-12-18)23(32)26-13-14-30-15-21(19-7-5-6-8-20(19)30)35-16-22(31)27-24-28-29-25(36-24)34-4-2/h5-12,15H,3-4,13-14,16H2,1-2H3,(H,26,32)(H,27,28,31). The smallest absolute Gasteiger partial charge is 0.251 e. The third-order valence-electron chi connectivity index (χ3n) is 5.10. The number of rotatable bonds is 12. The first kappa shape index (κ1) is 26.1. The summed E-state index contributed by atoms with van der Waals surface area (Å²) in [6.07, 6.45) is 2.03. The molecule has 2 aromatic heterocycles. The lowest BCUT2D eigenvalue weighted by atomic mass is 10.2. The van der Waals surface area contributed by atoms with Crippen molar-refractivity contribution in [3.63, 3.8) is 0 Å². The Labute approximate surface area is 222 Å². The number of hydrogen-bond acceptors (Lipinski definition) is 8. The molecule has 0 saturated heterocycles. The van der Waals surface area contributed by atoms with Crippen molar-refractivity contribution < 1.29 is 14.3 Å². The van der Waals surface area contributed by atoms with Gasteiger partial charge in [0.2, 0.25) is 11.0 Å². The molecule has 0 unspecified atom stereocenters. The number of amides is 2. The van der Waals surface area contributed by atoms with E-state index in [0.29, 0.717) is 30.4 Å². The summed E-state index contributed by atoms with van der Waals surface area (Å²) >= 11 is 4.46. The van der Waals surface area contributed by atoms with Crippen LogP contribution in [0.4, 0.5) is 5.13 Å². The number of nitrogens with zero attached hydrogens (tertiary/aromatic N) is 3. The fourth-order valence-electron chi connectivity index (χ4n) is 3.51. The van der Waals surface area contributed by atoms with Crippen molar-refractivity contribution in [1.29, 1.82) is 0 Å². The Hall–Kier alpha value is -3.02. The summed E-state index contributed by atoms with van der Waals surface area (Å²) in [6.45, 7) is 5.65. The van der Waals surface area contributed by atoms with Crippen molar-refractivity contribution in [1.82, 2.24) is 20.1 Å². The second-order valence-electron chi connectivity index (χ2n) is 7.56. The number of nitrogens with one attached hydrogen (secondary N) is 2. The van der Waals surface area contributed by atoms with Gasteiger partial charge in [-0.25, -0.2) is 0 Å². The summed E-state index contributed by atoms with van der Waals surface area (Å²) in [7, 11) is 0. The highest BCUT2D eigenvalue weighted by Crippen LogP contribution is 2.30. The van der Waals surface area contributed by atoms with Gasteiger partial charge in [0.05, 0.1) is 12.4 Å². The molecule has 0 saturated carbocycles. The predicted molar refractivity (Wildman–Crippen MR) is 148 cm³/mol. The average molecular weight is 542 g/mol. The summed E-state index contributed by atoms with van der Waals surface area (Å²) < 4.78 is 8.38. The summed E-state index contributed by atoms with van der Waals surface area (Å²) in [5, 5.41) is 15.5. The maximum Gasteiger partial charge on any atom is 0.251 e. The monoisotopic (exact) mass is 541 g/mol. The molecule has 4 aromatic rings. The number of benzene rings is 2. The van der Waals surface area contributed by atoms with Crippen molar-refractivity contribution in [2.24, 2.45) is 0 Å². The normalized spacial score (nSPS) is 10.9. The minimum absolute atomic E-state index is 0.122. The second kappa shape index (κ2) is 12.8. The van der Waals surface area contributed by atoms with Crippen molar-refractivity contribution in [3.8, 4) is 5.75 Å². The fourth-order valence-corrected chi connectivity index (χ4v) is 6.07. The number of carbonyl (C=O) groups is 2. The van der Waals surface area contributed by atoms with Gasteiger partial charge in [-0.15, -0.1) is 22.0 Å². The van der Waals surface area contributed by atoms with E-state index < -0.39 is 0 Å². The van der Waals surface area contributed by atoms with E-state index in [4.69, 9.17) is 4.74 Å². The third kappa shape index (κ3) is 6.80. The number of hydrogen-bond donors (Lipinski definition) is 2. The van der Waals surface area contributed by atoms with Crippen molar-refractivity contribution in [2.45, 2.75) is 29.6 Å². The van der Waals surface area contributed by atoms with Gasteiger partial charge in [0, 0.05) is 40.6 Å². The molecule has 0 aliphatic carbocycles. The number of anilines is 1. The van der Waals surface area contributed by atoms with E-state index in [9.17, 15) is 9.59 Å². The molecule has 2 N–H and O–H groups in total. The number of carbonyl (C=O) groups excluding carboxylic acids is 2. The first-order valence-electron chi connectivity index (χ1n) is 11.5. The largest absolute Gasteiger partial charge is 0.494 e. The van der Waals surface area contributed by atoms with Crippen LogP contribution in [0.5, 0.6) is 5.75 Å². The summed E-state index contributed by atoms with van der Waals surface area (Å²) in [4.78, 5) is 26.0. The Morgan fingerprint density at radius 1 is 1.06 bits per heavy atom. The highest BCUT2D eigenvalue weighted by atomic mass is 32.2. The quantitative estimate of drug-likeness (QED) is 0.189. The third-order valence-corrected chi connectivity index (χ3v) is 7.99. The number of fused-ring (bicyclic) bond motifs is 1. The molecule has 188 valence electrons. The zero-order valence-corrected chi connectivity index (χ0v) is 22.5. The van der Waals surface area contributed by atoms with Crippen molar-refractivity contribution in [2.75, 3.05) is 30.0 Å². The Bertz CT molecular complexity index is 1320. The van der Waals surface area contributed by atoms with Crippen LogP contribution in [0.3, 0.4) is 0 Å². The van der Waals surface area contributed by atoms with Crippen LogP contribution in [-0.2, 0) is 11.3 Å². The second-order valence-corrected chi connectivity index (χ2v) is 11.1. The number of thioether (sulfide) groups is 2. The van der Waals surface area contributed by atoms with Gasteiger partial charge in [-0.2, -0.15) is 0 Å². The van der Waals surface area contributed by atoms with Crippen LogP contribution in [-0.4, -0.2) is 51.2 Å². The highest BCUT2D eigenvalue weighted by Gasteiger charge is 2.13. The van der Waals surface area contributed by atoms with Crippen LogP contribution in [0.25, 0.3) is 10.9 Å². The molecular formula is C25H27N5O3S3. The summed E-state index contributed by atoms with van der Waals surface area (Å²) in [5.41, 5.74) is 1.65. The van der Waals surface area contributed by atoms with Gasteiger partial charge < -0.3 is 14.6 Å². The van der Waals surface area contributed by atoms with E-state index in [0.717, 1.165) is 31.6 Å². The van der Waals surface area contributed by atoms with Gasteiger partial charge in [-0.05, 0) is 43.0 Å². The Morgan fingerprint density at radius 2 is 1.86 bits per heavy atom. The predicted octanol–water partition coefficient (Wildman–Crippen LogP) is 5.16. The molecule has 0 aliphatic rings. The molecule has 0 spiro atoms. The first-order chi connectivity index (χ1) is 17.6. The molecule has 4 rings (SSSR count). The van der Waals surface area contributed by atoms with Crippen LogP contribution >= 0.6 is 34.9 Å². The van der Waals surface area contributed by atoms with Gasteiger partial charge in [-0.1, -0.05) is 48.2 Å². The van der Waals surface area contributed by atoms with Gasteiger partial charge in [0.25, 0.3) is 5.91 Å². The van der Waals surface area contributed by atoms with E-state index in [1.165, 1.54) is 23.1 Å². The molecule has 36 heavy (non-hydrogen) atoms. The SMILES string of the molecule is CCOc1ccc(C(=O)NCCn2cc(SCC(=O)Nc3nnc(SCC)s3)c3ccccc32)cc1. The van der Waals surface area contributed by atoms with Gasteiger partial charge >= 0.3 is 0 Å². The van der Waals surface area contributed by atoms with E-state index >= 15 is 0 Å². The number of aromatic nitrogens is 3. The molecule has 0 bridgehead atoms. The summed E-state index contributed by atoms with van der Waals surface area (Å²) in [5.74, 6) is 1.67. The molecule has 11 heteroatoms. The van der Waals surface area contributed by atoms with Crippen molar-refractivity contribution >= 4 is 62.7 Å². The number of para-hydroxylation sites is 1. The Morgan fingerprint density at radius 3 is 2.64 bits per heavy atom. The first-order valence-corrected chi connectivity index (χ1v) is 14.3. The van der Waals surface area contributed by atoms with E-state index in [-0.39, 0.29) is 17.6 Å². The van der Waals surface area contributed by atoms with Crippen LogP contribution < -0.4 is 15.4 Å². The lowest BCUT2D eigenvalue weighted by Gasteiger charge is -2.08. The van der Waals surface area contributed by atoms with Crippen molar-refractivity contribution in [3.05, 3.63) is 60.3 Å². The van der Waals surface area contributed by atoms with E-state index in [2.05, 4.69) is 25.4 Å². The van der Waals surface area contributed by atoms with Gasteiger partial charge in [-0.3, -0.25) is 14.9 Å². The van der Waals surface area contributed by atoms with Crippen LogP contribution in [0, 0.1) is 0 Å². The maximum absolute atomic E-state index is 12.5. The highest BCUT2D eigenvalue weighted by molar-refractivity contribution is 8.01. The summed E-state index contributed by atoms with van der Waals surface area (Å²) in [6, 6.07) is 15.2. The van der Waals surface area contributed by atoms with Gasteiger partial charge in [0.15, 0.2) is 4.34 Å². The zero-order chi connectivity index (χ0) is 25.3. The van der Waals surface area contributed by atoms with Crippen LogP contribution in [0.2, 0.25) is 0 Å². The minimum atomic E-state index is -0.127. The number of ether oxygens (including phenoxy) is 1. The molecule has 2 aromatic carbocycles. The van der Waals surface area contributed by atoms with Crippen LogP contribution in [0.15, 0.2) is 64.0 Å². The lowest BCUT2D eigenvalue weighted by Crippen LogP contribution is -2.27. The molecule has 0 radical (unpaired) electrons. The molecule has 0 aliphatic heterocycles. The maximum atomic E-state index is 12.5. The lowest BCUT2D eigenvalue weighted by molar-refractivity contribution is -0.113. The molecule has 2 amide bonds. The fraction of sp³-hybridized carbons (Fsp3) is 0.280.